The number of carboxylic acid groups (broad SMARTS) is 2. The van der Waals surface area contributed by atoms with E-state index in [1.807, 2.05) is 7.05 Å². The van der Waals surface area contributed by atoms with Gasteiger partial charge in [-0.15, -0.1) is 0 Å². The number of ether oxygens (including phenoxy) is 1. The van der Waals surface area contributed by atoms with E-state index in [-0.39, 0.29) is 6.10 Å². The van der Waals surface area contributed by atoms with E-state index in [1.54, 1.807) is 18.2 Å². The van der Waals surface area contributed by atoms with E-state index >= 15 is 0 Å². The third kappa shape index (κ3) is 9.34. The van der Waals surface area contributed by atoms with E-state index in [1.165, 1.54) is 12.8 Å². The highest BCUT2D eigenvalue weighted by molar-refractivity contribution is 6.34. The molecule has 1 aromatic rings. The summed E-state index contributed by atoms with van der Waals surface area (Å²) in [5.74, 6) is -1.13. The minimum absolute atomic E-state index is 0.249. The van der Waals surface area contributed by atoms with Crippen LogP contribution in [0.15, 0.2) is 30.4 Å². The van der Waals surface area contributed by atoms with Crippen molar-refractivity contribution in [3.8, 4) is 5.75 Å². The number of aliphatic carboxylic acids is 2. The molecule has 3 N–H and O–H groups in total. The van der Waals surface area contributed by atoms with Crippen molar-refractivity contribution in [3.05, 3.63) is 40.4 Å². The summed E-state index contributed by atoms with van der Waals surface area (Å²) in [5, 5.41) is 20.1. The number of halogens is 2. The maximum Gasteiger partial charge on any atom is 0.328 e. The molecule has 0 radical (unpaired) electrons. The number of hydrogen-bond donors (Lipinski definition) is 3. The summed E-state index contributed by atoms with van der Waals surface area (Å²) in [7, 11) is 1.95. The predicted octanol–water partition coefficient (Wildman–Crippen LogP) is 3.47. The Hall–Kier alpha value is -1.76. The summed E-state index contributed by atoms with van der Waals surface area (Å²) >= 11 is 12.0. The van der Waals surface area contributed by atoms with E-state index in [0.29, 0.717) is 33.9 Å². The van der Waals surface area contributed by atoms with Gasteiger partial charge in [0.1, 0.15) is 11.9 Å². The lowest BCUT2D eigenvalue weighted by Crippen LogP contribution is -2.24. The Bertz CT molecular complexity index is 601. The van der Waals surface area contributed by atoms with Crippen molar-refractivity contribution in [1.29, 1.82) is 0 Å². The standard InChI is InChI=1S/C13H17Cl2NO.C4H4O4/c1-16-7-6-12(9-2-3-9)17-13-8-10(14)4-5-11(13)15;5-3(6)1-2-4(7)8/h4-5,8-9,12,16H,2-3,6-7H2,1H3;1-2H,(H,5,6)(H,7,8). The summed E-state index contributed by atoms with van der Waals surface area (Å²) in [6.07, 6.45) is 4.88. The zero-order valence-electron chi connectivity index (χ0n) is 13.7. The number of carboxylic acids is 2. The first kappa shape index (κ1) is 21.3. The van der Waals surface area contributed by atoms with Crippen molar-refractivity contribution in [1.82, 2.24) is 5.32 Å². The van der Waals surface area contributed by atoms with Crippen LogP contribution in [-0.2, 0) is 9.59 Å². The quantitative estimate of drug-likeness (QED) is 0.589. The first-order chi connectivity index (χ1) is 11.8. The topological polar surface area (TPSA) is 95.9 Å². The van der Waals surface area contributed by atoms with Crippen LogP contribution in [0.4, 0.5) is 0 Å². The van der Waals surface area contributed by atoms with Crippen LogP contribution in [0, 0.1) is 5.92 Å². The lowest BCUT2D eigenvalue weighted by Gasteiger charge is -2.19. The Morgan fingerprint density at radius 1 is 1.28 bits per heavy atom. The van der Waals surface area contributed by atoms with Gasteiger partial charge in [-0.25, -0.2) is 9.59 Å². The van der Waals surface area contributed by atoms with Crippen molar-refractivity contribution in [2.45, 2.75) is 25.4 Å². The first-order valence-electron chi connectivity index (χ1n) is 7.73. The molecule has 0 aliphatic heterocycles. The van der Waals surface area contributed by atoms with Gasteiger partial charge in [0.25, 0.3) is 0 Å². The smallest absolute Gasteiger partial charge is 0.328 e. The first-order valence-corrected chi connectivity index (χ1v) is 8.49. The summed E-state index contributed by atoms with van der Waals surface area (Å²) in [6, 6.07) is 5.34. The van der Waals surface area contributed by atoms with Gasteiger partial charge in [0, 0.05) is 23.2 Å². The Balaban J connectivity index is 0.000000333. The zero-order chi connectivity index (χ0) is 18.8. The lowest BCUT2D eigenvalue weighted by molar-refractivity contribution is -0.134. The van der Waals surface area contributed by atoms with Crippen molar-refractivity contribution in [2.24, 2.45) is 5.92 Å². The predicted molar refractivity (Wildman–Crippen MR) is 96.6 cm³/mol. The van der Waals surface area contributed by atoms with Gasteiger partial charge in [0.15, 0.2) is 0 Å². The number of rotatable bonds is 8. The second kappa shape index (κ2) is 11.0. The minimum Gasteiger partial charge on any atom is -0.488 e. The highest BCUT2D eigenvalue weighted by atomic mass is 35.5. The average Bonchev–Trinajstić information content (AvgIpc) is 3.38. The summed E-state index contributed by atoms with van der Waals surface area (Å²) in [4.78, 5) is 19.1. The Kier molecular flexibility index (Phi) is 9.34. The van der Waals surface area contributed by atoms with Crippen molar-refractivity contribution >= 4 is 35.1 Å². The second-order valence-corrected chi connectivity index (χ2v) is 6.31. The van der Waals surface area contributed by atoms with Gasteiger partial charge in [-0.2, -0.15) is 0 Å². The summed E-state index contributed by atoms with van der Waals surface area (Å²) in [5.41, 5.74) is 0. The van der Waals surface area contributed by atoms with Crippen LogP contribution in [0.25, 0.3) is 0 Å². The molecule has 0 aromatic heterocycles. The molecule has 138 valence electrons. The Morgan fingerprint density at radius 3 is 2.36 bits per heavy atom. The molecule has 1 aromatic carbocycles. The van der Waals surface area contributed by atoms with Crippen LogP contribution in [0.5, 0.6) is 5.75 Å². The van der Waals surface area contributed by atoms with E-state index in [0.717, 1.165) is 13.0 Å². The number of nitrogens with one attached hydrogen (secondary N) is 1. The second-order valence-electron chi connectivity index (χ2n) is 5.47. The molecule has 1 saturated carbocycles. The maximum atomic E-state index is 9.55. The fraction of sp³-hybridized carbons (Fsp3) is 0.412. The van der Waals surface area contributed by atoms with Gasteiger partial charge < -0.3 is 20.3 Å². The number of benzene rings is 1. The number of carbonyl (C=O) groups is 2. The van der Waals surface area contributed by atoms with Crippen LogP contribution < -0.4 is 10.1 Å². The molecular weight excluding hydrogens is 369 g/mol. The van der Waals surface area contributed by atoms with Crippen molar-refractivity contribution < 1.29 is 24.5 Å². The van der Waals surface area contributed by atoms with Crippen LogP contribution >= 0.6 is 23.2 Å². The molecule has 0 heterocycles. The molecule has 8 heteroatoms. The van der Waals surface area contributed by atoms with Crippen LogP contribution in [0.2, 0.25) is 10.0 Å². The van der Waals surface area contributed by atoms with Gasteiger partial charge in [-0.05, 0) is 50.9 Å². The molecule has 1 aliphatic rings. The van der Waals surface area contributed by atoms with E-state index < -0.39 is 11.9 Å². The molecular formula is C17H21Cl2NO5. The van der Waals surface area contributed by atoms with Gasteiger partial charge >= 0.3 is 11.9 Å². The van der Waals surface area contributed by atoms with E-state index in [4.69, 9.17) is 38.2 Å². The Labute approximate surface area is 156 Å². The normalized spacial score (nSPS) is 14.5. The highest BCUT2D eigenvalue weighted by Crippen LogP contribution is 2.38. The molecule has 1 atom stereocenters. The molecule has 1 fully saturated rings. The highest BCUT2D eigenvalue weighted by Gasteiger charge is 2.32. The lowest BCUT2D eigenvalue weighted by atomic mass is 10.1. The third-order valence-corrected chi connectivity index (χ3v) is 3.91. The minimum atomic E-state index is -1.26. The summed E-state index contributed by atoms with van der Waals surface area (Å²) in [6.45, 7) is 0.958. The monoisotopic (exact) mass is 389 g/mol. The Morgan fingerprint density at radius 2 is 1.88 bits per heavy atom. The average molecular weight is 390 g/mol. The molecule has 1 unspecified atom stereocenters. The van der Waals surface area contributed by atoms with Gasteiger partial charge in [0.05, 0.1) is 5.02 Å². The molecule has 0 bridgehead atoms. The molecule has 2 rings (SSSR count). The molecule has 6 nitrogen and oxygen atoms in total. The largest absolute Gasteiger partial charge is 0.488 e. The molecule has 25 heavy (non-hydrogen) atoms. The van der Waals surface area contributed by atoms with Crippen molar-refractivity contribution in [3.63, 3.8) is 0 Å². The fourth-order valence-electron chi connectivity index (χ4n) is 2.02. The fourth-order valence-corrected chi connectivity index (χ4v) is 2.34. The van der Waals surface area contributed by atoms with Crippen LogP contribution in [0.3, 0.4) is 0 Å². The van der Waals surface area contributed by atoms with Gasteiger partial charge in [-0.3, -0.25) is 0 Å². The van der Waals surface area contributed by atoms with Crippen LogP contribution in [0.1, 0.15) is 19.3 Å². The van der Waals surface area contributed by atoms with E-state index in [9.17, 15) is 9.59 Å². The molecule has 0 amide bonds. The number of hydrogen-bond acceptors (Lipinski definition) is 4. The third-order valence-electron chi connectivity index (χ3n) is 3.37. The van der Waals surface area contributed by atoms with E-state index in [2.05, 4.69) is 5.32 Å². The summed E-state index contributed by atoms with van der Waals surface area (Å²) < 4.78 is 6.00. The molecule has 0 spiro atoms. The van der Waals surface area contributed by atoms with Crippen LogP contribution in [-0.4, -0.2) is 41.8 Å². The zero-order valence-corrected chi connectivity index (χ0v) is 15.3. The molecule has 0 saturated heterocycles. The van der Waals surface area contributed by atoms with Gasteiger partial charge in [-0.1, -0.05) is 23.2 Å². The van der Waals surface area contributed by atoms with Gasteiger partial charge in [0.2, 0.25) is 0 Å². The van der Waals surface area contributed by atoms with Crippen molar-refractivity contribution in [2.75, 3.05) is 13.6 Å². The molecule has 1 aliphatic carbocycles. The SMILES string of the molecule is CNCCC(Oc1cc(Cl)ccc1Cl)C1CC1.O=C(O)C=CC(=O)O. The maximum absolute atomic E-state index is 9.55.